The van der Waals surface area contributed by atoms with E-state index in [1.165, 1.54) is 16.7 Å². The zero-order chi connectivity index (χ0) is 21.0. The fourth-order valence-corrected chi connectivity index (χ4v) is 3.89. The first-order valence-corrected chi connectivity index (χ1v) is 10.9. The average Bonchev–Trinajstić information content (AvgIpc) is 2.74. The lowest BCUT2D eigenvalue weighted by Gasteiger charge is -2.36. The number of hydrogen-bond acceptors (Lipinski definition) is 4. The van der Waals surface area contributed by atoms with Crippen molar-refractivity contribution in [2.45, 2.75) is 59.8 Å². The topological polar surface area (TPSA) is 49.3 Å². The Morgan fingerprint density at radius 2 is 1.83 bits per heavy atom. The monoisotopic (exact) mass is 394 g/mol. The summed E-state index contributed by atoms with van der Waals surface area (Å²) < 4.78 is 0. The van der Waals surface area contributed by atoms with Crippen LogP contribution >= 0.6 is 0 Å². The SMILES string of the molecule is CCC(=O)N1CCN(c2nc(C(C)CC)nc(C)c2Cc2cccc(C)c2)CC1. The van der Waals surface area contributed by atoms with Gasteiger partial charge in [0.1, 0.15) is 11.6 Å². The Bertz CT molecular complexity index is 856. The highest BCUT2D eigenvalue weighted by atomic mass is 16.2. The summed E-state index contributed by atoms with van der Waals surface area (Å²) in [5.74, 6) is 2.56. The minimum absolute atomic E-state index is 0.240. The molecule has 1 amide bonds. The van der Waals surface area contributed by atoms with E-state index in [0.717, 1.165) is 56.4 Å². The van der Waals surface area contributed by atoms with Gasteiger partial charge in [-0.3, -0.25) is 4.79 Å². The molecule has 1 aromatic carbocycles. The molecule has 1 aromatic heterocycles. The van der Waals surface area contributed by atoms with Gasteiger partial charge in [0.25, 0.3) is 0 Å². The molecule has 0 saturated carbocycles. The van der Waals surface area contributed by atoms with Crippen molar-refractivity contribution < 1.29 is 4.79 Å². The van der Waals surface area contributed by atoms with Crippen LogP contribution in [0.15, 0.2) is 24.3 Å². The minimum Gasteiger partial charge on any atom is -0.353 e. The van der Waals surface area contributed by atoms with Gasteiger partial charge in [0.15, 0.2) is 0 Å². The molecule has 0 aliphatic carbocycles. The van der Waals surface area contributed by atoms with E-state index in [4.69, 9.17) is 9.97 Å². The summed E-state index contributed by atoms with van der Waals surface area (Å²) >= 11 is 0. The van der Waals surface area contributed by atoms with Crippen LogP contribution in [0.1, 0.15) is 67.7 Å². The number of nitrogens with zero attached hydrogens (tertiary/aromatic N) is 4. The summed E-state index contributed by atoms with van der Waals surface area (Å²) in [6.45, 7) is 13.7. The molecule has 1 aliphatic heterocycles. The molecule has 2 aromatic rings. The molecule has 29 heavy (non-hydrogen) atoms. The smallest absolute Gasteiger partial charge is 0.222 e. The van der Waals surface area contributed by atoms with Crippen LogP contribution in [-0.4, -0.2) is 47.0 Å². The number of hydrogen-bond donors (Lipinski definition) is 0. The van der Waals surface area contributed by atoms with E-state index in [9.17, 15) is 4.79 Å². The van der Waals surface area contributed by atoms with E-state index < -0.39 is 0 Å². The van der Waals surface area contributed by atoms with Gasteiger partial charge < -0.3 is 9.80 Å². The Morgan fingerprint density at radius 1 is 1.10 bits per heavy atom. The Labute approximate surface area is 175 Å². The number of anilines is 1. The molecule has 2 heterocycles. The summed E-state index contributed by atoms with van der Waals surface area (Å²) in [5, 5.41) is 0. The van der Waals surface area contributed by atoms with Gasteiger partial charge in [-0.15, -0.1) is 0 Å². The Morgan fingerprint density at radius 3 is 2.45 bits per heavy atom. The summed E-state index contributed by atoms with van der Waals surface area (Å²) in [4.78, 5) is 26.3. The van der Waals surface area contributed by atoms with Gasteiger partial charge in [-0.05, 0) is 25.8 Å². The molecule has 0 spiro atoms. The third-order valence-electron chi connectivity index (χ3n) is 5.96. The van der Waals surface area contributed by atoms with Gasteiger partial charge in [-0.25, -0.2) is 9.97 Å². The van der Waals surface area contributed by atoms with Gasteiger partial charge in [0.2, 0.25) is 5.91 Å². The summed E-state index contributed by atoms with van der Waals surface area (Å²) in [5.41, 5.74) is 4.83. The van der Waals surface area contributed by atoms with Crippen molar-refractivity contribution in [3.8, 4) is 0 Å². The predicted octanol–water partition coefficient (Wildman–Crippen LogP) is 4.26. The highest BCUT2D eigenvalue weighted by molar-refractivity contribution is 5.76. The second-order valence-electron chi connectivity index (χ2n) is 8.17. The fraction of sp³-hybridized carbons (Fsp3) is 0.542. The maximum absolute atomic E-state index is 12.1. The number of benzene rings is 1. The summed E-state index contributed by atoms with van der Waals surface area (Å²) in [6, 6.07) is 8.66. The number of carbonyl (C=O) groups excluding carboxylic acids is 1. The largest absolute Gasteiger partial charge is 0.353 e. The van der Waals surface area contributed by atoms with Gasteiger partial charge in [-0.1, -0.05) is 50.6 Å². The average molecular weight is 395 g/mol. The maximum Gasteiger partial charge on any atom is 0.222 e. The molecule has 1 fully saturated rings. The first kappa shape index (κ1) is 21.3. The maximum atomic E-state index is 12.1. The Hall–Kier alpha value is -2.43. The molecule has 5 nitrogen and oxygen atoms in total. The molecule has 1 unspecified atom stereocenters. The highest BCUT2D eigenvalue weighted by Gasteiger charge is 2.25. The van der Waals surface area contributed by atoms with Crippen molar-refractivity contribution in [2.75, 3.05) is 31.1 Å². The van der Waals surface area contributed by atoms with Gasteiger partial charge in [0, 0.05) is 56.2 Å². The zero-order valence-corrected chi connectivity index (χ0v) is 18.5. The van der Waals surface area contributed by atoms with E-state index in [2.05, 4.69) is 56.9 Å². The van der Waals surface area contributed by atoms with E-state index >= 15 is 0 Å². The molecule has 3 rings (SSSR count). The van der Waals surface area contributed by atoms with Crippen LogP contribution in [-0.2, 0) is 11.2 Å². The molecular formula is C24H34N4O. The van der Waals surface area contributed by atoms with Crippen molar-refractivity contribution in [1.82, 2.24) is 14.9 Å². The zero-order valence-electron chi connectivity index (χ0n) is 18.5. The number of piperazine rings is 1. The van der Waals surface area contributed by atoms with Crippen molar-refractivity contribution >= 4 is 11.7 Å². The van der Waals surface area contributed by atoms with Crippen LogP contribution in [0, 0.1) is 13.8 Å². The molecule has 156 valence electrons. The molecule has 0 bridgehead atoms. The summed E-state index contributed by atoms with van der Waals surface area (Å²) in [6.07, 6.45) is 2.43. The first-order chi connectivity index (χ1) is 13.9. The predicted molar refractivity (Wildman–Crippen MR) is 119 cm³/mol. The third kappa shape index (κ3) is 4.95. The van der Waals surface area contributed by atoms with Crippen LogP contribution in [0.25, 0.3) is 0 Å². The Kier molecular flexibility index (Phi) is 6.88. The normalized spacial score (nSPS) is 15.5. The fourth-order valence-electron chi connectivity index (χ4n) is 3.89. The second kappa shape index (κ2) is 9.38. The second-order valence-corrected chi connectivity index (χ2v) is 8.17. The lowest BCUT2D eigenvalue weighted by molar-refractivity contribution is -0.131. The number of carbonyl (C=O) groups is 1. The van der Waals surface area contributed by atoms with Crippen LogP contribution in [0.2, 0.25) is 0 Å². The van der Waals surface area contributed by atoms with Crippen LogP contribution in [0.3, 0.4) is 0 Å². The molecule has 1 atom stereocenters. The molecule has 0 radical (unpaired) electrons. The van der Waals surface area contributed by atoms with Crippen molar-refractivity contribution in [1.29, 1.82) is 0 Å². The van der Waals surface area contributed by atoms with Gasteiger partial charge in [0.05, 0.1) is 0 Å². The van der Waals surface area contributed by atoms with Crippen LogP contribution in [0.4, 0.5) is 5.82 Å². The number of rotatable bonds is 6. The Balaban J connectivity index is 1.94. The summed E-state index contributed by atoms with van der Waals surface area (Å²) in [7, 11) is 0. The lowest BCUT2D eigenvalue weighted by atomic mass is 10.0. The van der Waals surface area contributed by atoms with Crippen molar-refractivity contribution in [3.05, 3.63) is 52.5 Å². The first-order valence-electron chi connectivity index (χ1n) is 10.9. The van der Waals surface area contributed by atoms with E-state index in [-0.39, 0.29) is 5.91 Å². The van der Waals surface area contributed by atoms with Gasteiger partial charge >= 0.3 is 0 Å². The van der Waals surface area contributed by atoms with Gasteiger partial charge in [-0.2, -0.15) is 0 Å². The highest BCUT2D eigenvalue weighted by Crippen LogP contribution is 2.28. The molecular weight excluding hydrogens is 360 g/mol. The van der Waals surface area contributed by atoms with Crippen molar-refractivity contribution in [3.63, 3.8) is 0 Å². The molecule has 5 heteroatoms. The number of aryl methyl sites for hydroxylation is 2. The van der Waals surface area contributed by atoms with E-state index in [1.54, 1.807) is 0 Å². The lowest BCUT2D eigenvalue weighted by Crippen LogP contribution is -2.49. The van der Waals surface area contributed by atoms with Crippen LogP contribution < -0.4 is 4.90 Å². The standard InChI is InChI=1S/C24H34N4O/c1-6-18(4)23-25-19(5)21(16-20-10-8-9-17(3)15-20)24(26-23)28-13-11-27(12-14-28)22(29)7-2/h8-10,15,18H,6-7,11-14,16H2,1-5H3. The van der Waals surface area contributed by atoms with Crippen molar-refractivity contribution in [2.24, 2.45) is 0 Å². The minimum atomic E-state index is 0.240. The number of amides is 1. The van der Waals surface area contributed by atoms with Crippen LogP contribution in [0.5, 0.6) is 0 Å². The molecule has 1 aliphatic rings. The third-order valence-corrected chi connectivity index (χ3v) is 5.96. The quantitative estimate of drug-likeness (QED) is 0.735. The van der Waals surface area contributed by atoms with E-state index in [0.29, 0.717) is 12.3 Å². The van der Waals surface area contributed by atoms with E-state index in [1.807, 2.05) is 11.8 Å². The molecule has 0 N–H and O–H groups in total. The molecule has 1 saturated heterocycles. The number of aromatic nitrogens is 2.